The van der Waals surface area contributed by atoms with E-state index in [0.29, 0.717) is 13.1 Å². The van der Waals surface area contributed by atoms with Crippen LogP contribution in [0.15, 0.2) is 23.1 Å². The molecule has 1 aromatic rings. The second kappa shape index (κ2) is 7.50. The number of sulfonamides is 1. The average molecular weight is 375 g/mol. The number of methoxy groups -OCH3 is 1. The van der Waals surface area contributed by atoms with E-state index in [9.17, 15) is 18.0 Å². The van der Waals surface area contributed by atoms with Gasteiger partial charge in [0.2, 0.25) is 10.0 Å². The molecule has 0 saturated carbocycles. The molecule has 7 nitrogen and oxygen atoms in total. The summed E-state index contributed by atoms with van der Waals surface area (Å²) < 4.78 is 31.2. The van der Waals surface area contributed by atoms with Crippen molar-refractivity contribution >= 4 is 33.5 Å². The van der Waals surface area contributed by atoms with Gasteiger partial charge in [-0.1, -0.05) is 11.6 Å². The van der Waals surface area contributed by atoms with Gasteiger partial charge in [-0.2, -0.15) is 4.31 Å². The van der Waals surface area contributed by atoms with E-state index < -0.39 is 27.9 Å². The molecule has 1 aromatic carbocycles. The Morgan fingerprint density at radius 1 is 1.29 bits per heavy atom. The van der Waals surface area contributed by atoms with Crippen LogP contribution in [0.25, 0.3) is 0 Å². The number of amides is 1. The molecular formula is C15H19ClN2O5S. The van der Waals surface area contributed by atoms with Gasteiger partial charge in [-0.15, -0.1) is 0 Å². The summed E-state index contributed by atoms with van der Waals surface area (Å²) >= 11 is 6.03. The molecule has 9 heteroatoms. The fourth-order valence-corrected chi connectivity index (χ4v) is 4.44. The highest BCUT2D eigenvalue weighted by atomic mass is 35.5. The lowest BCUT2D eigenvalue weighted by molar-refractivity contribution is -0.142. The Morgan fingerprint density at radius 3 is 2.50 bits per heavy atom. The first-order valence-electron chi connectivity index (χ1n) is 7.45. The van der Waals surface area contributed by atoms with Gasteiger partial charge in [0.25, 0.3) is 5.91 Å². The standard InChI is InChI=1S/C15H19ClN2O5S/c1-10(15(20)23-2)17-14(19)11-5-6-12(16)13(9-11)24(21,22)18-7-3-4-8-18/h5-6,9-10H,3-4,7-8H2,1-2H3,(H,17,19)/t10-/m1/s1. The molecule has 0 aromatic heterocycles. The molecule has 1 N–H and O–H groups in total. The van der Waals surface area contributed by atoms with E-state index in [1.54, 1.807) is 0 Å². The number of benzene rings is 1. The Kier molecular flexibility index (Phi) is 5.84. The SMILES string of the molecule is COC(=O)[C@@H](C)NC(=O)c1ccc(Cl)c(S(=O)(=O)N2CCCC2)c1. The Labute approximate surface area is 146 Å². The lowest BCUT2D eigenvalue weighted by Crippen LogP contribution is -2.39. The first-order chi connectivity index (χ1) is 11.3. The van der Waals surface area contributed by atoms with Crippen LogP contribution in [-0.2, 0) is 19.6 Å². The van der Waals surface area contributed by atoms with Crippen LogP contribution < -0.4 is 5.32 Å². The third kappa shape index (κ3) is 3.88. The van der Waals surface area contributed by atoms with Crippen LogP contribution in [0.3, 0.4) is 0 Å². The van der Waals surface area contributed by atoms with Crippen molar-refractivity contribution in [2.45, 2.75) is 30.7 Å². The third-order valence-electron chi connectivity index (χ3n) is 3.78. The largest absolute Gasteiger partial charge is 0.467 e. The molecule has 1 heterocycles. The van der Waals surface area contributed by atoms with Crippen molar-refractivity contribution in [3.8, 4) is 0 Å². The van der Waals surface area contributed by atoms with Gasteiger partial charge >= 0.3 is 5.97 Å². The zero-order valence-electron chi connectivity index (χ0n) is 13.4. The monoisotopic (exact) mass is 374 g/mol. The molecule has 0 unspecified atom stereocenters. The Morgan fingerprint density at radius 2 is 1.92 bits per heavy atom. The number of rotatable bonds is 5. The highest BCUT2D eigenvalue weighted by molar-refractivity contribution is 7.89. The second-order valence-corrected chi connectivity index (χ2v) is 7.79. The topological polar surface area (TPSA) is 92.8 Å². The van der Waals surface area contributed by atoms with E-state index in [2.05, 4.69) is 10.1 Å². The highest BCUT2D eigenvalue weighted by Crippen LogP contribution is 2.28. The molecule has 0 bridgehead atoms. The summed E-state index contributed by atoms with van der Waals surface area (Å²) in [4.78, 5) is 23.5. The molecule has 0 spiro atoms. The number of carbonyl (C=O) groups excluding carboxylic acids is 2. The summed E-state index contributed by atoms with van der Waals surface area (Å²) in [7, 11) is -2.53. The maximum absolute atomic E-state index is 12.6. The fourth-order valence-electron chi connectivity index (χ4n) is 2.43. The quantitative estimate of drug-likeness (QED) is 0.787. The van der Waals surface area contributed by atoms with Crippen molar-refractivity contribution in [3.05, 3.63) is 28.8 Å². The molecule has 24 heavy (non-hydrogen) atoms. The molecule has 1 atom stereocenters. The smallest absolute Gasteiger partial charge is 0.328 e. The van der Waals surface area contributed by atoms with Gasteiger partial charge in [0, 0.05) is 18.7 Å². The van der Waals surface area contributed by atoms with Crippen molar-refractivity contribution in [2.24, 2.45) is 0 Å². The van der Waals surface area contributed by atoms with Gasteiger partial charge in [-0.25, -0.2) is 13.2 Å². The van der Waals surface area contributed by atoms with Crippen molar-refractivity contribution in [2.75, 3.05) is 20.2 Å². The van der Waals surface area contributed by atoms with Gasteiger partial charge in [0.15, 0.2) is 0 Å². The molecule has 0 aliphatic carbocycles. The number of hydrogen-bond donors (Lipinski definition) is 1. The molecule has 1 amide bonds. The number of esters is 1. The maximum atomic E-state index is 12.6. The van der Waals surface area contributed by atoms with Gasteiger partial charge in [0.05, 0.1) is 12.1 Å². The molecular weight excluding hydrogens is 356 g/mol. The van der Waals surface area contributed by atoms with Crippen LogP contribution in [0.1, 0.15) is 30.1 Å². The van der Waals surface area contributed by atoms with E-state index in [-0.39, 0.29) is 15.5 Å². The summed E-state index contributed by atoms with van der Waals surface area (Å²) in [6, 6.07) is 3.15. The number of nitrogens with zero attached hydrogens (tertiary/aromatic N) is 1. The van der Waals surface area contributed by atoms with E-state index in [1.807, 2.05) is 0 Å². The Balaban J connectivity index is 2.28. The Bertz CT molecular complexity index is 744. The molecule has 1 fully saturated rings. The van der Waals surface area contributed by atoms with E-state index >= 15 is 0 Å². The van der Waals surface area contributed by atoms with E-state index in [1.165, 1.54) is 36.5 Å². The van der Waals surface area contributed by atoms with Crippen LogP contribution in [0.5, 0.6) is 0 Å². The lowest BCUT2D eigenvalue weighted by Gasteiger charge is -2.17. The fraction of sp³-hybridized carbons (Fsp3) is 0.467. The number of nitrogens with one attached hydrogen (secondary N) is 1. The first kappa shape index (κ1) is 18.7. The van der Waals surface area contributed by atoms with Crippen LogP contribution in [0.4, 0.5) is 0 Å². The zero-order chi connectivity index (χ0) is 17.9. The van der Waals surface area contributed by atoms with Crippen molar-refractivity contribution in [3.63, 3.8) is 0 Å². The molecule has 1 aliphatic heterocycles. The van der Waals surface area contributed by atoms with Gasteiger partial charge < -0.3 is 10.1 Å². The first-order valence-corrected chi connectivity index (χ1v) is 9.27. The number of ether oxygens (including phenoxy) is 1. The van der Waals surface area contributed by atoms with Gasteiger partial charge in [0.1, 0.15) is 10.9 Å². The summed E-state index contributed by atoms with van der Waals surface area (Å²) in [6.07, 6.45) is 1.60. The third-order valence-corrected chi connectivity index (χ3v) is 6.16. The molecule has 0 radical (unpaired) electrons. The minimum absolute atomic E-state index is 0.0551. The lowest BCUT2D eigenvalue weighted by atomic mass is 10.2. The van der Waals surface area contributed by atoms with Crippen molar-refractivity contribution < 1.29 is 22.7 Å². The summed E-state index contributed by atoms with van der Waals surface area (Å²) in [5.74, 6) is -1.18. The summed E-state index contributed by atoms with van der Waals surface area (Å²) in [6.45, 7) is 2.35. The van der Waals surface area contributed by atoms with Crippen LogP contribution in [0.2, 0.25) is 5.02 Å². The molecule has 2 rings (SSSR count). The minimum Gasteiger partial charge on any atom is -0.467 e. The minimum atomic E-state index is -3.75. The van der Waals surface area contributed by atoms with Crippen LogP contribution >= 0.6 is 11.6 Å². The molecule has 1 saturated heterocycles. The van der Waals surface area contributed by atoms with Crippen molar-refractivity contribution in [1.82, 2.24) is 9.62 Å². The second-order valence-electron chi connectivity index (χ2n) is 5.47. The normalized spacial score (nSPS) is 16.6. The van der Waals surface area contributed by atoms with Crippen molar-refractivity contribution in [1.29, 1.82) is 0 Å². The highest BCUT2D eigenvalue weighted by Gasteiger charge is 2.30. The number of carbonyl (C=O) groups is 2. The van der Waals surface area contributed by atoms with E-state index in [0.717, 1.165) is 12.8 Å². The van der Waals surface area contributed by atoms with Gasteiger partial charge in [-0.05, 0) is 38.0 Å². The Hall–Kier alpha value is -1.64. The maximum Gasteiger partial charge on any atom is 0.328 e. The molecule has 1 aliphatic rings. The number of hydrogen-bond acceptors (Lipinski definition) is 5. The summed E-state index contributed by atoms with van der Waals surface area (Å²) in [5, 5.41) is 2.50. The summed E-state index contributed by atoms with van der Waals surface area (Å²) in [5.41, 5.74) is 0.105. The van der Waals surface area contributed by atoms with Crippen LogP contribution in [0, 0.1) is 0 Å². The number of halogens is 1. The van der Waals surface area contributed by atoms with E-state index in [4.69, 9.17) is 11.6 Å². The van der Waals surface area contributed by atoms with Gasteiger partial charge in [-0.3, -0.25) is 4.79 Å². The predicted molar refractivity (Wildman–Crippen MR) is 88.4 cm³/mol. The average Bonchev–Trinajstić information content (AvgIpc) is 3.09. The zero-order valence-corrected chi connectivity index (χ0v) is 15.0. The predicted octanol–water partition coefficient (Wildman–Crippen LogP) is 1.42. The van der Waals surface area contributed by atoms with Crippen LogP contribution in [-0.4, -0.2) is 50.8 Å². The molecule has 132 valence electrons.